The van der Waals surface area contributed by atoms with E-state index >= 15 is 0 Å². The minimum absolute atomic E-state index is 0.144. The van der Waals surface area contributed by atoms with Crippen molar-refractivity contribution in [3.8, 4) is 5.75 Å². The van der Waals surface area contributed by atoms with Gasteiger partial charge in [-0.05, 0) is 41.8 Å². The number of nitrogens with zero attached hydrogens (tertiary/aromatic N) is 1. The number of hydrogen-bond donors (Lipinski definition) is 1. The number of aromatic amines is 1. The van der Waals surface area contributed by atoms with Gasteiger partial charge < -0.3 is 9.72 Å². The van der Waals surface area contributed by atoms with Gasteiger partial charge in [0.15, 0.2) is 0 Å². The van der Waals surface area contributed by atoms with E-state index in [0.29, 0.717) is 28.2 Å². The van der Waals surface area contributed by atoms with Gasteiger partial charge in [-0.3, -0.25) is 4.79 Å². The van der Waals surface area contributed by atoms with Crippen LogP contribution in [0.4, 0.5) is 0 Å². The Hall–Kier alpha value is -2.33. The average Bonchev–Trinajstić information content (AvgIpc) is 3.01. The van der Waals surface area contributed by atoms with E-state index < -0.39 is 0 Å². The molecule has 0 spiro atoms. The van der Waals surface area contributed by atoms with Gasteiger partial charge in [0.1, 0.15) is 11.6 Å². The van der Waals surface area contributed by atoms with Crippen molar-refractivity contribution in [3.05, 3.63) is 68.7 Å². The number of ether oxygens (including phenoxy) is 1. The van der Waals surface area contributed by atoms with Gasteiger partial charge in [0, 0.05) is 17.9 Å². The van der Waals surface area contributed by atoms with Gasteiger partial charge in [-0.25, -0.2) is 4.98 Å². The molecule has 0 atom stereocenters. The molecule has 1 aliphatic heterocycles. The van der Waals surface area contributed by atoms with Crippen LogP contribution in [0.15, 0.2) is 41.2 Å². The molecule has 1 aromatic heterocycles. The first kappa shape index (κ1) is 14.3. The summed E-state index contributed by atoms with van der Waals surface area (Å²) in [7, 11) is 0. The SMILES string of the molecule is O=c1[nH]c(CCc2ccc3c(c2)CCO3)nc2ccc(Cl)cc12. The predicted molar refractivity (Wildman–Crippen MR) is 90.4 cm³/mol. The molecule has 4 nitrogen and oxygen atoms in total. The number of rotatable bonds is 3. The van der Waals surface area contributed by atoms with Crippen molar-refractivity contribution >= 4 is 22.5 Å². The largest absolute Gasteiger partial charge is 0.493 e. The molecule has 2 aromatic carbocycles. The molecule has 5 heteroatoms. The van der Waals surface area contributed by atoms with E-state index in [1.165, 1.54) is 11.1 Å². The fourth-order valence-electron chi connectivity index (χ4n) is 2.94. The van der Waals surface area contributed by atoms with E-state index in [4.69, 9.17) is 16.3 Å². The Morgan fingerprint density at radius 3 is 3.00 bits per heavy atom. The Morgan fingerprint density at radius 2 is 2.09 bits per heavy atom. The maximum atomic E-state index is 12.1. The molecule has 3 aromatic rings. The zero-order valence-corrected chi connectivity index (χ0v) is 13.2. The van der Waals surface area contributed by atoms with Crippen LogP contribution in [0.3, 0.4) is 0 Å². The summed E-state index contributed by atoms with van der Waals surface area (Å²) in [6.07, 6.45) is 2.48. The lowest BCUT2D eigenvalue weighted by Gasteiger charge is -2.05. The van der Waals surface area contributed by atoms with E-state index in [0.717, 1.165) is 25.2 Å². The Kier molecular flexibility index (Phi) is 3.54. The summed E-state index contributed by atoms with van der Waals surface area (Å²) >= 11 is 5.93. The molecule has 0 unspecified atom stereocenters. The molecular weight excluding hydrogens is 312 g/mol. The third-order valence-electron chi connectivity index (χ3n) is 4.12. The minimum Gasteiger partial charge on any atom is -0.493 e. The van der Waals surface area contributed by atoms with Gasteiger partial charge in [-0.15, -0.1) is 0 Å². The number of aromatic nitrogens is 2. The fourth-order valence-corrected chi connectivity index (χ4v) is 3.11. The third kappa shape index (κ3) is 2.82. The van der Waals surface area contributed by atoms with Crippen molar-refractivity contribution in [2.45, 2.75) is 19.3 Å². The molecule has 0 saturated heterocycles. The molecule has 2 heterocycles. The number of nitrogens with one attached hydrogen (secondary N) is 1. The summed E-state index contributed by atoms with van der Waals surface area (Å²) in [5.41, 5.74) is 3.02. The monoisotopic (exact) mass is 326 g/mol. The van der Waals surface area contributed by atoms with Crippen LogP contribution in [-0.2, 0) is 19.3 Å². The summed E-state index contributed by atoms with van der Waals surface area (Å²) in [6, 6.07) is 11.5. The Morgan fingerprint density at radius 1 is 1.17 bits per heavy atom. The number of aryl methyl sites for hydroxylation is 2. The zero-order valence-electron chi connectivity index (χ0n) is 12.4. The lowest BCUT2D eigenvalue weighted by atomic mass is 10.0. The summed E-state index contributed by atoms with van der Waals surface area (Å²) < 4.78 is 5.52. The van der Waals surface area contributed by atoms with E-state index in [-0.39, 0.29) is 5.56 Å². The van der Waals surface area contributed by atoms with E-state index in [1.54, 1.807) is 18.2 Å². The summed E-state index contributed by atoms with van der Waals surface area (Å²) in [5.74, 6) is 1.68. The molecule has 0 saturated carbocycles. The lowest BCUT2D eigenvalue weighted by molar-refractivity contribution is 0.357. The molecule has 0 radical (unpaired) electrons. The smallest absolute Gasteiger partial charge is 0.258 e. The summed E-state index contributed by atoms with van der Waals surface area (Å²) in [4.78, 5) is 19.5. The van der Waals surface area contributed by atoms with Crippen molar-refractivity contribution in [2.75, 3.05) is 6.61 Å². The second kappa shape index (κ2) is 5.70. The van der Waals surface area contributed by atoms with Crippen LogP contribution >= 0.6 is 11.6 Å². The van der Waals surface area contributed by atoms with Gasteiger partial charge in [0.2, 0.25) is 0 Å². The van der Waals surface area contributed by atoms with Crippen LogP contribution in [0, 0.1) is 0 Å². The number of fused-ring (bicyclic) bond motifs is 2. The standard InChI is InChI=1S/C18H15ClN2O2/c19-13-3-4-15-14(10-13)18(22)21-17(20-15)6-2-11-1-5-16-12(9-11)7-8-23-16/h1,3-5,9-10H,2,6-8H2,(H,20,21,22). The van der Waals surface area contributed by atoms with Crippen LogP contribution in [0.25, 0.3) is 10.9 Å². The molecule has 0 fully saturated rings. The highest BCUT2D eigenvalue weighted by Crippen LogP contribution is 2.26. The topological polar surface area (TPSA) is 55.0 Å². The van der Waals surface area contributed by atoms with Crippen LogP contribution in [-0.4, -0.2) is 16.6 Å². The summed E-state index contributed by atoms with van der Waals surface area (Å²) in [6.45, 7) is 0.765. The first-order chi connectivity index (χ1) is 11.2. The zero-order chi connectivity index (χ0) is 15.8. The van der Waals surface area contributed by atoms with Crippen molar-refractivity contribution in [1.29, 1.82) is 0 Å². The van der Waals surface area contributed by atoms with Crippen LogP contribution < -0.4 is 10.3 Å². The summed E-state index contributed by atoms with van der Waals surface area (Å²) in [5, 5.41) is 1.06. The molecule has 1 aliphatic rings. The highest BCUT2D eigenvalue weighted by Gasteiger charge is 2.12. The van der Waals surface area contributed by atoms with Gasteiger partial charge in [0.05, 0.1) is 17.5 Å². The number of hydrogen-bond acceptors (Lipinski definition) is 3. The van der Waals surface area contributed by atoms with Gasteiger partial charge in [-0.1, -0.05) is 23.7 Å². The molecule has 0 aliphatic carbocycles. The molecule has 0 amide bonds. The average molecular weight is 327 g/mol. The van der Waals surface area contributed by atoms with Crippen molar-refractivity contribution < 1.29 is 4.74 Å². The Labute approximate surface area is 138 Å². The second-order valence-corrected chi connectivity index (χ2v) is 6.15. The van der Waals surface area contributed by atoms with Gasteiger partial charge >= 0.3 is 0 Å². The normalized spacial score (nSPS) is 13.1. The van der Waals surface area contributed by atoms with E-state index in [2.05, 4.69) is 22.1 Å². The highest BCUT2D eigenvalue weighted by atomic mass is 35.5. The molecule has 0 bridgehead atoms. The number of halogens is 1. The van der Waals surface area contributed by atoms with Crippen molar-refractivity contribution in [2.24, 2.45) is 0 Å². The Balaban J connectivity index is 1.58. The molecule has 23 heavy (non-hydrogen) atoms. The van der Waals surface area contributed by atoms with Crippen LogP contribution in [0.2, 0.25) is 5.02 Å². The maximum absolute atomic E-state index is 12.1. The molecule has 1 N–H and O–H groups in total. The third-order valence-corrected chi connectivity index (χ3v) is 4.36. The number of H-pyrrole nitrogens is 1. The highest BCUT2D eigenvalue weighted by molar-refractivity contribution is 6.31. The van der Waals surface area contributed by atoms with E-state index in [1.807, 2.05) is 6.07 Å². The molecule has 116 valence electrons. The van der Waals surface area contributed by atoms with Gasteiger partial charge in [-0.2, -0.15) is 0 Å². The Bertz CT molecular complexity index is 949. The first-order valence-corrected chi connectivity index (χ1v) is 8.00. The maximum Gasteiger partial charge on any atom is 0.258 e. The lowest BCUT2D eigenvalue weighted by Crippen LogP contribution is -2.12. The number of benzene rings is 2. The second-order valence-electron chi connectivity index (χ2n) is 5.71. The van der Waals surface area contributed by atoms with Crippen molar-refractivity contribution in [3.63, 3.8) is 0 Å². The molecule has 4 rings (SSSR count). The van der Waals surface area contributed by atoms with Gasteiger partial charge in [0.25, 0.3) is 5.56 Å². The van der Waals surface area contributed by atoms with Crippen molar-refractivity contribution in [1.82, 2.24) is 9.97 Å². The molecular formula is C18H15ClN2O2. The first-order valence-electron chi connectivity index (χ1n) is 7.62. The fraction of sp³-hybridized carbons (Fsp3) is 0.222. The van der Waals surface area contributed by atoms with E-state index in [9.17, 15) is 4.79 Å². The predicted octanol–water partition coefficient (Wildman–Crippen LogP) is 3.30. The quantitative estimate of drug-likeness (QED) is 0.803. The van der Waals surface area contributed by atoms with Crippen LogP contribution in [0.5, 0.6) is 5.75 Å². The van der Waals surface area contributed by atoms with Crippen LogP contribution in [0.1, 0.15) is 17.0 Å². The minimum atomic E-state index is -0.144.